The van der Waals surface area contributed by atoms with Gasteiger partial charge in [-0.25, -0.2) is 4.98 Å². The Labute approximate surface area is 96.1 Å². The first-order valence-electron chi connectivity index (χ1n) is 5.34. The minimum absolute atomic E-state index is 0.372. The van der Waals surface area contributed by atoms with E-state index in [9.17, 15) is 0 Å². The number of hydrogen-bond acceptors (Lipinski definition) is 3. The third kappa shape index (κ3) is 4.46. The molecule has 0 amide bonds. The standard InChI is InChI=1S/C12H18N2S/c1-4-6-11(13-7-5-2)8-12-9-15-10(3)14-12/h1,9,11,13H,5-8H2,2-3H3. The molecule has 1 atom stereocenters. The minimum atomic E-state index is 0.372. The van der Waals surface area contributed by atoms with Crippen LogP contribution in [-0.2, 0) is 6.42 Å². The van der Waals surface area contributed by atoms with Crippen LogP contribution in [0.5, 0.6) is 0 Å². The van der Waals surface area contributed by atoms with E-state index < -0.39 is 0 Å². The van der Waals surface area contributed by atoms with Gasteiger partial charge in [0.1, 0.15) is 0 Å². The van der Waals surface area contributed by atoms with Crippen molar-refractivity contribution in [3.63, 3.8) is 0 Å². The van der Waals surface area contributed by atoms with Crippen LogP contribution in [0.2, 0.25) is 0 Å². The SMILES string of the molecule is C#CCC(Cc1csc(C)n1)NCCC. The van der Waals surface area contributed by atoms with Crippen molar-refractivity contribution in [1.29, 1.82) is 0 Å². The van der Waals surface area contributed by atoms with E-state index in [1.165, 1.54) is 0 Å². The lowest BCUT2D eigenvalue weighted by Crippen LogP contribution is -2.31. The maximum absolute atomic E-state index is 5.35. The number of rotatable bonds is 6. The van der Waals surface area contributed by atoms with Crippen LogP contribution in [-0.4, -0.2) is 17.6 Å². The van der Waals surface area contributed by atoms with Crippen LogP contribution in [0.15, 0.2) is 5.38 Å². The van der Waals surface area contributed by atoms with E-state index in [0.29, 0.717) is 6.04 Å². The summed E-state index contributed by atoms with van der Waals surface area (Å²) >= 11 is 1.70. The van der Waals surface area contributed by atoms with Gasteiger partial charge in [-0.1, -0.05) is 6.92 Å². The number of nitrogens with one attached hydrogen (secondary N) is 1. The van der Waals surface area contributed by atoms with Crippen molar-refractivity contribution in [3.05, 3.63) is 16.1 Å². The molecule has 1 aromatic heterocycles. The van der Waals surface area contributed by atoms with Crippen LogP contribution in [0, 0.1) is 19.3 Å². The van der Waals surface area contributed by atoms with Gasteiger partial charge in [0, 0.05) is 24.3 Å². The molecule has 0 aromatic carbocycles. The fourth-order valence-electron chi connectivity index (χ4n) is 1.46. The fourth-order valence-corrected chi connectivity index (χ4v) is 2.09. The van der Waals surface area contributed by atoms with Gasteiger partial charge in [-0.2, -0.15) is 0 Å². The molecule has 1 aromatic rings. The van der Waals surface area contributed by atoms with Crippen molar-refractivity contribution < 1.29 is 0 Å². The Kier molecular flexibility index (Phi) is 5.38. The number of hydrogen-bond donors (Lipinski definition) is 1. The average molecular weight is 222 g/mol. The van der Waals surface area contributed by atoms with E-state index in [-0.39, 0.29) is 0 Å². The molecule has 15 heavy (non-hydrogen) atoms. The van der Waals surface area contributed by atoms with E-state index in [1.807, 2.05) is 6.92 Å². The molecule has 1 heterocycles. The molecule has 2 nitrogen and oxygen atoms in total. The summed E-state index contributed by atoms with van der Waals surface area (Å²) in [7, 11) is 0. The van der Waals surface area contributed by atoms with Crippen molar-refractivity contribution in [1.82, 2.24) is 10.3 Å². The highest BCUT2D eigenvalue weighted by atomic mass is 32.1. The zero-order valence-electron chi connectivity index (χ0n) is 9.42. The molecule has 1 unspecified atom stereocenters. The molecular formula is C12H18N2S. The first kappa shape index (κ1) is 12.2. The molecular weight excluding hydrogens is 204 g/mol. The van der Waals surface area contributed by atoms with Crippen LogP contribution < -0.4 is 5.32 Å². The second-order valence-electron chi connectivity index (χ2n) is 3.62. The Hall–Kier alpha value is -0.850. The number of nitrogens with zero attached hydrogens (tertiary/aromatic N) is 1. The molecule has 0 spiro atoms. The van der Waals surface area contributed by atoms with Crippen LogP contribution in [0.25, 0.3) is 0 Å². The van der Waals surface area contributed by atoms with E-state index in [2.05, 4.69) is 28.5 Å². The van der Waals surface area contributed by atoms with Crippen LogP contribution >= 0.6 is 11.3 Å². The maximum Gasteiger partial charge on any atom is 0.0897 e. The van der Waals surface area contributed by atoms with E-state index >= 15 is 0 Å². The van der Waals surface area contributed by atoms with Gasteiger partial charge >= 0.3 is 0 Å². The molecule has 0 aliphatic heterocycles. The summed E-state index contributed by atoms with van der Waals surface area (Å²) in [6.45, 7) is 5.21. The lowest BCUT2D eigenvalue weighted by molar-refractivity contribution is 0.513. The summed E-state index contributed by atoms with van der Waals surface area (Å²) in [5.41, 5.74) is 1.15. The van der Waals surface area contributed by atoms with Gasteiger partial charge in [-0.3, -0.25) is 0 Å². The first-order chi connectivity index (χ1) is 7.26. The minimum Gasteiger partial charge on any atom is -0.313 e. The molecule has 1 N–H and O–H groups in total. The Morgan fingerprint density at radius 1 is 1.67 bits per heavy atom. The van der Waals surface area contributed by atoms with E-state index in [4.69, 9.17) is 6.42 Å². The molecule has 0 saturated heterocycles. The summed E-state index contributed by atoms with van der Waals surface area (Å²) in [4.78, 5) is 4.45. The fraction of sp³-hybridized carbons (Fsp3) is 0.583. The van der Waals surface area contributed by atoms with Crippen molar-refractivity contribution in [2.75, 3.05) is 6.54 Å². The summed E-state index contributed by atoms with van der Waals surface area (Å²) in [6.07, 6.45) is 8.20. The monoisotopic (exact) mass is 222 g/mol. The zero-order chi connectivity index (χ0) is 11.1. The van der Waals surface area contributed by atoms with Crippen LogP contribution in [0.3, 0.4) is 0 Å². The van der Waals surface area contributed by atoms with Crippen LogP contribution in [0.4, 0.5) is 0 Å². The Bertz CT molecular complexity index is 325. The van der Waals surface area contributed by atoms with Gasteiger partial charge in [0.2, 0.25) is 0 Å². The molecule has 82 valence electrons. The Balaban J connectivity index is 2.47. The molecule has 1 rings (SSSR count). The highest BCUT2D eigenvalue weighted by Crippen LogP contribution is 2.11. The number of aryl methyl sites for hydroxylation is 1. The van der Waals surface area contributed by atoms with Gasteiger partial charge in [0.15, 0.2) is 0 Å². The predicted octanol–water partition coefficient (Wildman–Crippen LogP) is 2.39. The van der Waals surface area contributed by atoms with Crippen LogP contribution in [0.1, 0.15) is 30.5 Å². The topological polar surface area (TPSA) is 24.9 Å². The summed E-state index contributed by atoms with van der Waals surface area (Å²) in [6, 6.07) is 0.372. The van der Waals surface area contributed by atoms with Gasteiger partial charge in [-0.05, 0) is 19.9 Å². The second kappa shape index (κ2) is 6.60. The third-order valence-corrected chi connectivity index (χ3v) is 2.99. The maximum atomic E-state index is 5.35. The number of aromatic nitrogens is 1. The van der Waals surface area contributed by atoms with Gasteiger partial charge in [0.05, 0.1) is 10.7 Å². The van der Waals surface area contributed by atoms with Gasteiger partial charge in [-0.15, -0.1) is 23.7 Å². The van der Waals surface area contributed by atoms with Crippen molar-refractivity contribution in [3.8, 4) is 12.3 Å². The number of thiazole rings is 1. The zero-order valence-corrected chi connectivity index (χ0v) is 10.2. The largest absolute Gasteiger partial charge is 0.313 e. The predicted molar refractivity (Wildman–Crippen MR) is 66.1 cm³/mol. The Morgan fingerprint density at radius 3 is 3.00 bits per heavy atom. The highest BCUT2D eigenvalue weighted by molar-refractivity contribution is 7.09. The smallest absolute Gasteiger partial charge is 0.0897 e. The molecule has 0 saturated carbocycles. The van der Waals surface area contributed by atoms with Crippen molar-refractivity contribution in [2.45, 2.75) is 39.2 Å². The quantitative estimate of drug-likeness (QED) is 0.748. The van der Waals surface area contributed by atoms with E-state index in [1.54, 1.807) is 11.3 Å². The van der Waals surface area contributed by atoms with Gasteiger partial charge < -0.3 is 5.32 Å². The highest BCUT2D eigenvalue weighted by Gasteiger charge is 2.09. The molecule has 3 heteroatoms. The number of terminal acetylenes is 1. The average Bonchev–Trinajstić information content (AvgIpc) is 2.61. The van der Waals surface area contributed by atoms with Crippen molar-refractivity contribution >= 4 is 11.3 Å². The summed E-state index contributed by atoms with van der Waals surface area (Å²) in [5, 5.41) is 6.69. The molecule has 0 fully saturated rings. The normalized spacial score (nSPS) is 12.3. The Morgan fingerprint density at radius 2 is 2.47 bits per heavy atom. The molecule has 0 radical (unpaired) electrons. The second-order valence-corrected chi connectivity index (χ2v) is 4.68. The lowest BCUT2D eigenvalue weighted by Gasteiger charge is -2.14. The third-order valence-electron chi connectivity index (χ3n) is 2.17. The van der Waals surface area contributed by atoms with Gasteiger partial charge in [0.25, 0.3) is 0 Å². The van der Waals surface area contributed by atoms with Crippen molar-refractivity contribution in [2.24, 2.45) is 0 Å². The molecule has 0 aliphatic rings. The molecule has 0 aliphatic carbocycles. The molecule has 0 bridgehead atoms. The lowest BCUT2D eigenvalue weighted by atomic mass is 10.1. The summed E-state index contributed by atoms with van der Waals surface area (Å²) in [5.74, 6) is 2.72. The van der Waals surface area contributed by atoms with E-state index in [0.717, 1.165) is 36.5 Å². The first-order valence-corrected chi connectivity index (χ1v) is 6.22. The summed E-state index contributed by atoms with van der Waals surface area (Å²) < 4.78 is 0.